The molecule has 50 heavy (non-hydrogen) atoms. The molecule has 11 nitrogen and oxygen atoms in total. The van der Waals surface area contributed by atoms with Crippen molar-refractivity contribution in [3.63, 3.8) is 0 Å². The zero-order valence-electron chi connectivity index (χ0n) is 27.9. The summed E-state index contributed by atoms with van der Waals surface area (Å²) >= 11 is 1.20. The minimum absolute atomic E-state index is 0.136. The summed E-state index contributed by atoms with van der Waals surface area (Å²) in [6.07, 6.45) is 5.34. The van der Waals surface area contributed by atoms with Gasteiger partial charge < -0.3 is 18.9 Å². The van der Waals surface area contributed by atoms with Gasteiger partial charge in [-0.2, -0.15) is 5.10 Å². The number of nitrogens with zero attached hydrogens (tertiary/aromatic N) is 4. The molecule has 0 spiro atoms. The van der Waals surface area contributed by atoms with Gasteiger partial charge in [-0.05, 0) is 74.0 Å². The Morgan fingerprint density at radius 1 is 1.04 bits per heavy atom. The molecule has 0 amide bonds. The zero-order valence-corrected chi connectivity index (χ0v) is 28.7. The van der Waals surface area contributed by atoms with Gasteiger partial charge in [0.05, 0.1) is 41.2 Å². The van der Waals surface area contributed by atoms with Gasteiger partial charge in [0.25, 0.3) is 5.56 Å². The predicted octanol–water partition coefficient (Wildman–Crippen LogP) is 5.15. The molecule has 1 aliphatic rings. The van der Waals surface area contributed by atoms with Crippen LogP contribution >= 0.6 is 11.3 Å². The van der Waals surface area contributed by atoms with Gasteiger partial charge in [-0.15, -0.1) is 0 Å². The Balaban J connectivity index is 1.53. The summed E-state index contributed by atoms with van der Waals surface area (Å²) in [5.74, 6) is 0.0487. The van der Waals surface area contributed by atoms with Gasteiger partial charge >= 0.3 is 11.9 Å². The van der Waals surface area contributed by atoms with E-state index < -0.39 is 18.0 Å². The van der Waals surface area contributed by atoms with E-state index in [-0.39, 0.29) is 29.2 Å². The Morgan fingerprint density at radius 3 is 2.48 bits per heavy atom. The molecule has 3 heterocycles. The number of carbonyl (C=O) groups excluding carboxylic acids is 2. The number of para-hydroxylation sites is 1. The maximum atomic E-state index is 14.4. The molecule has 0 aliphatic carbocycles. The standard InChI is InChI=1S/C38H34N4O7S/c1-6-19-48-29-16-13-25(14-17-29)34-27(22-41(40-34)28-11-9-8-10-12-28)21-32-36(44)42-35(26-15-18-30(49-24(4)43)31(20-26)46-5)33(37(45)47-7-2)23(3)39-38(42)50-32/h6,8-18,20-22,35H,1,7,19H2,2-5H3/b32-21-/t35-/m0/s1. The molecule has 0 saturated heterocycles. The van der Waals surface area contributed by atoms with E-state index in [1.807, 2.05) is 60.8 Å². The lowest BCUT2D eigenvalue weighted by Crippen LogP contribution is -2.40. The fourth-order valence-corrected chi connectivity index (χ4v) is 6.67. The van der Waals surface area contributed by atoms with Crippen LogP contribution in [0.5, 0.6) is 17.2 Å². The van der Waals surface area contributed by atoms with Crippen LogP contribution in [-0.4, -0.2) is 46.6 Å². The summed E-state index contributed by atoms with van der Waals surface area (Å²) in [6.45, 7) is 8.94. The van der Waals surface area contributed by atoms with Crippen LogP contribution < -0.4 is 29.1 Å². The molecule has 5 aromatic rings. The molecule has 0 radical (unpaired) electrons. The molecular weight excluding hydrogens is 657 g/mol. The molecular formula is C38H34N4O7S. The molecule has 0 bridgehead atoms. The highest BCUT2D eigenvalue weighted by atomic mass is 32.1. The Kier molecular flexibility index (Phi) is 9.91. The molecule has 3 aromatic carbocycles. The van der Waals surface area contributed by atoms with E-state index in [0.29, 0.717) is 44.2 Å². The molecule has 0 saturated carbocycles. The highest BCUT2D eigenvalue weighted by molar-refractivity contribution is 7.07. The number of thiazole rings is 1. The average Bonchev–Trinajstić information content (AvgIpc) is 3.67. The molecule has 12 heteroatoms. The first-order valence-electron chi connectivity index (χ1n) is 15.8. The SMILES string of the molecule is C=CCOc1ccc(-c2nn(-c3ccccc3)cc2/C=c2\sc3n(c2=O)[C@@H](c2ccc(OC(C)=O)c(OC)c2)C(C(=O)OCC)=C(C)N=3)cc1. The number of benzene rings is 3. The number of hydrogen-bond acceptors (Lipinski definition) is 10. The quantitative estimate of drug-likeness (QED) is 0.106. The lowest BCUT2D eigenvalue weighted by Gasteiger charge is -2.25. The van der Waals surface area contributed by atoms with Crippen molar-refractivity contribution in [2.45, 2.75) is 26.8 Å². The van der Waals surface area contributed by atoms with Crippen molar-refractivity contribution in [3.8, 4) is 34.2 Å². The first kappa shape index (κ1) is 33.9. The van der Waals surface area contributed by atoms with Crippen molar-refractivity contribution in [3.05, 3.63) is 134 Å². The summed E-state index contributed by atoms with van der Waals surface area (Å²) in [4.78, 5) is 44.7. The fraction of sp³-hybridized carbons (Fsp3) is 0.184. The first-order chi connectivity index (χ1) is 24.2. The molecule has 2 aromatic heterocycles. The van der Waals surface area contributed by atoms with Gasteiger partial charge in [0, 0.05) is 24.2 Å². The summed E-state index contributed by atoms with van der Waals surface area (Å²) < 4.78 is 25.6. The Bertz CT molecular complexity index is 2300. The van der Waals surface area contributed by atoms with Crippen molar-refractivity contribution < 1.29 is 28.5 Å². The van der Waals surface area contributed by atoms with Crippen molar-refractivity contribution in [2.75, 3.05) is 20.3 Å². The fourth-order valence-electron chi connectivity index (χ4n) is 5.64. The third-order valence-corrected chi connectivity index (χ3v) is 8.80. The number of carbonyl (C=O) groups is 2. The van der Waals surface area contributed by atoms with E-state index in [1.165, 1.54) is 29.9 Å². The smallest absolute Gasteiger partial charge is 0.338 e. The second-order valence-electron chi connectivity index (χ2n) is 11.1. The van der Waals surface area contributed by atoms with Gasteiger partial charge in [-0.3, -0.25) is 14.2 Å². The van der Waals surface area contributed by atoms with Crippen LogP contribution in [0.2, 0.25) is 0 Å². The van der Waals surface area contributed by atoms with Gasteiger partial charge in [-0.1, -0.05) is 48.3 Å². The van der Waals surface area contributed by atoms with E-state index in [2.05, 4.69) is 6.58 Å². The summed E-state index contributed by atoms with van der Waals surface area (Å²) in [6, 6.07) is 21.2. The predicted molar refractivity (Wildman–Crippen MR) is 189 cm³/mol. The molecule has 0 N–H and O–H groups in total. The van der Waals surface area contributed by atoms with Crippen LogP contribution in [0, 0.1) is 0 Å². The van der Waals surface area contributed by atoms with E-state index >= 15 is 0 Å². The Morgan fingerprint density at radius 2 is 1.80 bits per heavy atom. The number of hydrogen-bond donors (Lipinski definition) is 0. The van der Waals surface area contributed by atoms with E-state index in [4.69, 9.17) is 29.0 Å². The van der Waals surface area contributed by atoms with Crippen LogP contribution in [0.15, 0.2) is 113 Å². The summed E-state index contributed by atoms with van der Waals surface area (Å²) in [7, 11) is 1.44. The second-order valence-corrected chi connectivity index (χ2v) is 12.2. The monoisotopic (exact) mass is 690 g/mol. The number of esters is 2. The molecule has 254 valence electrons. The number of fused-ring (bicyclic) bond motifs is 1. The lowest BCUT2D eigenvalue weighted by atomic mass is 9.95. The highest BCUT2D eigenvalue weighted by Crippen LogP contribution is 2.36. The van der Waals surface area contributed by atoms with Crippen LogP contribution in [0.3, 0.4) is 0 Å². The average molecular weight is 691 g/mol. The van der Waals surface area contributed by atoms with Crippen molar-refractivity contribution in [1.82, 2.24) is 14.3 Å². The van der Waals surface area contributed by atoms with Gasteiger partial charge in [0.1, 0.15) is 18.1 Å². The molecule has 1 aliphatic heterocycles. The lowest BCUT2D eigenvalue weighted by molar-refractivity contribution is -0.139. The third-order valence-electron chi connectivity index (χ3n) is 7.82. The third kappa shape index (κ3) is 6.78. The summed E-state index contributed by atoms with van der Waals surface area (Å²) in [5, 5.41) is 4.91. The molecule has 0 fully saturated rings. The summed E-state index contributed by atoms with van der Waals surface area (Å²) in [5.41, 5.74) is 3.83. The number of aromatic nitrogens is 3. The topological polar surface area (TPSA) is 123 Å². The minimum atomic E-state index is -0.901. The van der Waals surface area contributed by atoms with E-state index in [0.717, 1.165) is 11.3 Å². The van der Waals surface area contributed by atoms with Crippen LogP contribution in [0.1, 0.15) is 37.9 Å². The number of allylic oxidation sites excluding steroid dienone is 1. The number of ether oxygens (including phenoxy) is 4. The van der Waals surface area contributed by atoms with Crippen molar-refractivity contribution >= 4 is 29.4 Å². The van der Waals surface area contributed by atoms with Gasteiger partial charge in [0.2, 0.25) is 0 Å². The molecule has 6 rings (SSSR count). The van der Waals surface area contributed by atoms with Crippen LogP contribution in [-0.2, 0) is 14.3 Å². The highest BCUT2D eigenvalue weighted by Gasteiger charge is 2.34. The molecule has 0 unspecified atom stereocenters. The van der Waals surface area contributed by atoms with Crippen molar-refractivity contribution in [1.29, 1.82) is 0 Å². The van der Waals surface area contributed by atoms with E-state index in [9.17, 15) is 14.4 Å². The van der Waals surface area contributed by atoms with E-state index in [1.54, 1.807) is 48.9 Å². The van der Waals surface area contributed by atoms with Crippen molar-refractivity contribution in [2.24, 2.45) is 4.99 Å². The van der Waals surface area contributed by atoms with Crippen LogP contribution in [0.4, 0.5) is 0 Å². The number of methoxy groups -OCH3 is 1. The normalized spacial score (nSPS) is 14.1. The van der Waals surface area contributed by atoms with Gasteiger partial charge in [-0.25, -0.2) is 14.5 Å². The Hall–Kier alpha value is -6.01. The zero-order chi connectivity index (χ0) is 35.4. The maximum absolute atomic E-state index is 14.4. The second kappa shape index (κ2) is 14.6. The first-order valence-corrected chi connectivity index (χ1v) is 16.6. The number of rotatable bonds is 11. The minimum Gasteiger partial charge on any atom is -0.493 e. The maximum Gasteiger partial charge on any atom is 0.338 e. The Labute approximate surface area is 291 Å². The molecule has 1 atom stereocenters. The van der Waals surface area contributed by atoms with Crippen LogP contribution in [0.25, 0.3) is 23.0 Å². The van der Waals surface area contributed by atoms with Gasteiger partial charge in [0.15, 0.2) is 16.3 Å². The largest absolute Gasteiger partial charge is 0.493 e.